The zero-order valence-corrected chi connectivity index (χ0v) is 3.78. The lowest BCUT2D eigenvalue weighted by molar-refractivity contribution is -0.120. The molecule has 1 N–H and O–H groups in total. The molecule has 0 aromatic heterocycles. The maximum absolute atomic E-state index is 11.1. The highest BCUT2D eigenvalue weighted by atomic mass is 19.1. The van der Waals surface area contributed by atoms with E-state index < -0.39 is 12.6 Å². The lowest BCUT2D eigenvalue weighted by Crippen LogP contribution is -2.17. The van der Waals surface area contributed by atoms with Crippen molar-refractivity contribution in [3.05, 3.63) is 12.8 Å². The molecule has 0 heterocycles. The van der Waals surface area contributed by atoms with Gasteiger partial charge in [-0.3, -0.25) is 4.79 Å². The summed E-state index contributed by atoms with van der Waals surface area (Å²) >= 11 is 0. The van der Waals surface area contributed by atoms with Gasteiger partial charge >= 0.3 is 0 Å². The fourth-order valence-electron chi connectivity index (χ4n) is 0.152. The summed E-state index contributed by atoms with van der Waals surface area (Å²) in [6, 6.07) is 0. The SMILES string of the molecule is C=CNC(=O)CF. The number of carbonyl (C=O) groups excluding carboxylic acids is 1. The van der Waals surface area contributed by atoms with Crippen LogP contribution < -0.4 is 5.32 Å². The summed E-state index contributed by atoms with van der Waals surface area (Å²) in [5, 5.41) is 2.05. The van der Waals surface area contributed by atoms with E-state index >= 15 is 0 Å². The summed E-state index contributed by atoms with van der Waals surface area (Å²) < 4.78 is 11.1. The van der Waals surface area contributed by atoms with Gasteiger partial charge < -0.3 is 5.32 Å². The standard InChI is InChI=1S/C4H6FNO/c1-2-6-4(7)3-5/h2H,1,3H2,(H,6,7). The van der Waals surface area contributed by atoms with E-state index in [4.69, 9.17) is 0 Å². The van der Waals surface area contributed by atoms with Gasteiger partial charge in [0, 0.05) is 0 Å². The molecule has 40 valence electrons. The van der Waals surface area contributed by atoms with Crippen molar-refractivity contribution in [3.8, 4) is 0 Å². The Labute approximate surface area is 41.0 Å². The van der Waals surface area contributed by atoms with Crippen LogP contribution in [0.15, 0.2) is 12.8 Å². The maximum Gasteiger partial charge on any atom is 0.255 e. The predicted octanol–water partition coefficient (Wildman–Crippen LogP) is 0.216. The van der Waals surface area contributed by atoms with Gasteiger partial charge in [-0.2, -0.15) is 0 Å². The minimum atomic E-state index is -0.980. The number of amides is 1. The molecule has 0 aliphatic rings. The van der Waals surface area contributed by atoms with Crippen LogP contribution in [0.3, 0.4) is 0 Å². The quantitative estimate of drug-likeness (QED) is 0.532. The van der Waals surface area contributed by atoms with Crippen molar-refractivity contribution in [1.29, 1.82) is 0 Å². The van der Waals surface area contributed by atoms with Gasteiger partial charge in [-0.05, 0) is 6.20 Å². The molecule has 0 aliphatic carbocycles. The van der Waals surface area contributed by atoms with Gasteiger partial charge in [-0.25, -0.2) is 4.39 Å². The molecule has 7 heavy (non-hydrogen) atoms. The molecule has 0 spiro atoms. The maximum atomic E-state index is 11.1. The van der Waals surface area contributed by atoms with Crippen LogP contribution in [0.4, 0.5) is 4.39 Å². The monoisotopic (exact) mass is 103 g/mol. The van der Waals surface area contributed by atoms with E-state index in [0.717, 1.165) is 6.20 Å². The van der Waals surface area contributed by atoms with Crippen molar-refractivity contribution < 1.29 is 9.18 Å². The molecular formula is C4H6FNO. The van der Waals surface area contributed by atoms with Gasteiger partial charge in [0.25, 0.3) is 5.91 Å². The Morgan fingerprint density at radius 1 is 2.00 bits per heavy atom. The zero-order chi connectivity index (χ0) is 5.70. The average molecular weight is 103 g/mol. The van der Waals surface area contributed by atoms with Crippen LogP contribution in [0, 0.1) is 0 Å². The first-order valence-electron chi connectivity index (χ1n) is 1.77. The van der Waals surface area contributed by atoms with E-state index in [0.29, 0.717) is 0 Å². The van der Waals surface area contributed by atoms with Crippen LogP contribution in [-0.2, 0) is 4.79 Å². The van der Waals surface area contributed by atoms with E-state index in [9.17, 15) is 9.18 Å². The smallest absolute Gasteiger partial charge is 0.255 e. The zero-order valence-electron chi connectivity index (χ0n) is 3.78. The van der Waals surface area contributed by atoms with Gasteiger partial charge in [0.2, 0.25) is 0 Å². The summed E-state index contributed by atoms with van der Waals surface area (Å²) in [4.78, 5) is 9.85. The lowest BCUT2D eigenvalue weighted by Gasteiger charge is -1.87. The third-order valence-electron chi connectivity index (χ3n) is 0.384. The van der Waals surface area contributed by atoms with Gasteiger partial charge in [0.1, 0.15) is 0 Å². The predicted molar refractivity (Wildman–Crippen MR) is 24.3 cm³/mol. The van der Waals surface area contributed by atoms with Crippen LogP contribution in [0.25, 0.3) is 0 Å². The molecule has 0 aliphatic heterocycles. The number of alkyl halides is 1. The lowest BCUT2D eigenvalue weighted by atomic mass is 10.7. The van der Waals surface area contributed by atoms with Crippen LogP contribution in [0.1, 0.15) is 0 Å². The van der Waals surface area contributed by atoms with E-state index in [1.165, 1.54) is 0 Å². The van der Waals surface area contributed by atoms with Crippen LogP contribution in [0.2, 0.25) is 0 Å². The molecule has 0 bridgehead atoms. The Bertz CT molecular complexity index is 81.8. The Morgan fingerprint density at radius 3 is 2.71 bits per heavy atom. The van der Waals surface area contributed by atoms with Gasteiger partial charge in [-0.1, -0.05) is 6.58 Å². The summed E-state index contributed by atoms with van der Waals surface area (Å²) in [6.07, 6.45) is 1.14. The molecule has 0 aromatic carbocycles. The van der Waals surface area contributed by atoms with Crippen molar-refractivity contribution in [2.45, 2.75) is 0 Å². The second kappa shape index (κ2) is 3.33. The first kappa shape index (κ1) is 6.14. The Hall–Kier alpha value is -0.860. The normalized spacial score (nSPS) is 7.57. The first-order chi connectivity index (χ1) is 3.31. The van der Waals surface area contributed by atoms with Crippen LogP contribution >= 0.6 is 0 Å². The fourth-order valence-corrected chi connectivity index (χ4v) is 0.152. The van der Waals surface area contributed by atoms with Crippen molar-refractivity contribution in [1.82, 2.24) is 5.32 Å². The fraction of sp³-hybridized carbons (Fsp3) is 0.250. The highest BCUT2D eigenvalue weighted by Crippen LogP contribution is 1.65. The summed E-state index contributed by atoms with van der Waals surface area (Å²) in [5.74, 6) is -0.657. The number of halogens is 1. The van der Waals surface area contributed by atoms with Crippen molar-refractivity contribution in [3.63, 3.8) is 0 Å². The highest BCUT2D eigenvalue weighted by molar-refractivity contribution is 5.77. The minimum absolute atomic E-state index is 0.657. The molecule has 3 heteroatoms. The summed E-state index contributed by atoms with van der Waals surface area (Å²) in [5.41, 5.74) is 0. The molecule has 0 saturated heterocycles. The molecule has 0 radical (unpaired) electrons. The van der Waals surface area contributed by atoms with E-state index in [-0.39, 0.29) is 0 Å². The minimum Gasteiger partial charge on any atom is -0.331 e. The second-order valence-corrected chi connectivity index (χ2v) is 0.905. The number of hydrogen-bond donors (Lipinski definition) is 1. The first-order valence-corrected chi connectivity index (χ1v) is 1.77. The molecular weight excluding hydrogens is 97.0 g/mol. The Morgan fingerprint density at radius 2 is 2.57 bits per heavy atom. The topological polar surface area (TPSA) is 29.1 Å². The number of nitrogens with one attached hydrogen (secondary N) is 1. The van der Waals surface area contributed by atoms with E-state index in [1.807, 2.05) is 5.32 Å². The third-order valence-corrected chi connectivity index (χ3v) is 0.384. The van der Waals surface area contributed by atoms with E-state index in [2.05, 4.69) is 6.58 Å². The molecule has 1 amide bonds. The Balaban J connectivity index is 3.17. The second-order valence-electron chi connectivity index (χ2n) is 0.905. The number of carbonyl (C=O) groups is 1. The van der Waals surface area contributed by atoms with Crippen LogP contribution in [0.5, 0.6) is 0 Å². The molecule has 0 aromatic rings. The van der Waals surface area contributed by atoms with Crippen molar-refractivity contribution >= 4 is 5.91 Å². The average Bonchev–Trinajstić information content (AvgIpc) is 1.68. The molecule has 0 saturated carbocycles. The van der Waals surface area contributed by atoms with E-state index in [1.54, 1.807) is 0 Å². The summed E-state index contributed by atoms with van der Waals surface area (Å²) in [7, 11) is 0. The van der Waals surface area contributed by atoms with Crippen LogP contribution in [-0.4, -0.2) is 12.6 Å². The van der Waals surface area contributed by atoms with Crippen molar-refractivity contribution in [2.24, 2.45) is 0 Å². The number of rotatable bonds is 2. The largest absolute Gasteiger partial charge is 0.331 e. The third kappa shape index (κ3) is 2.96. The molecule has 0 atom stereocenters. The Kier molecular flexibility index (Phi) is 2.92. The van der Waals surface area contributed by atoms with Gasteiger partial charge in [-0.15, -0.1) is 0 Å². The molecule has 0 rings (SSSR count). The molecule has 0 fully saturated rings. The van der Waals surface area contributed by atoms with Gasteiger partial charge in [0.05, 0.1) is 0 Å². The molecule has 0 unspecified atom stereocenters. The van der Waals surface area contributed by atoms with Gasteiger partial charge in [0.15, 0.2) is 6.67 Å². The summed E-state index contributed by atoms with van der Waals surface area (Å²) in [6.45, 7) is 2.17. The van der Waals surface area contributed by atoms with Crippen molar-refractivity contribution in [2.75, 3.05) is 6.67 Å². The molecule has 2 nitrogen and oxygen atoms in total. The number of hydrogen-bond acceptors (Lipinski definition) is 1. The highest BCUT2D eigenvalue weighted by Gasteiger charge is 1.90.